The van der Waals surface area contributed by atoms with E-state index >= 15 is 0 Å². The zero-order valence-corrected chi connectivity index (χ0v) is 9.01. The van der Waals surface area contributed by atoms with Crippen molar-refractivity contribution in [3.63, 3.8) is 0 Å². The number of carbonyl (C=O) groups is 1. The average Bonchev–Trinajstić information content (AvgIpc) is 2.15. The number of rotatable bonds is 4. The van der Waals surface area contributed by atoms with Gasteiger partial charge in [-0.3, -0.25) is 4.79 Å². The van der Waals surface area contributed by atoms with Gasteiger partial charge in [0.05, 0.1) is 6.10 Å². The lowest BCUT2D eigenvalue weighted by Gasteiger charge is -2.22. The van der Waals surface area contributed by atoms with E-state index in [9.17, 15) is 4.79 Å². The number of nitrogens with one attached hydrogen (secondary N) is 2. The summed E-state index contributed by atoms with van der Waals surface area (Å²) in [5, 5.41) is 6.04. The van der Waals surface area contributed by atoms with E-state index in [-0.39, 0.29) is 24.7 Å². The summed E-state index contributed by atoms with van der Waals surface area (Å²) in [5.41, 5.74) is 0. The second-order valence-electron chi connectivity index (χ2n) is 4.00. The minimum absolute atomic E-state index is 0.0226. The van der Waals surface area contributed by atoms with Crippen LogP contribution in [0, 0.1) is 0 Å². The molecule has 0 radical (unpaired) electrons. The van der Waals surface area contributed by atoms with Crippen LogP contribution in [0.25, 0.3) is 0 Å². The molecule has 0 aliphatic carbocycles. The fourth-order valence-corrected chi connectivity index (χ4v) is 1.52. The van der Waals surface area contributed by atoms with Crippen molar-refractivity contribution in [2.45, 2.75) is 38.8 Å². The summed E-state index contributed by atoms with van der Waals surface area (Å²) < 4.78 is 5.47. The van der Waals surface area contributed by atoms with Crippen molar-refractivity contribution in [1.29, 1.82) is 0 Å². The molecule has 1 atom stereocenters. The van der Waals surface area contributed by atoms with Crippen molar-refractivity contribution in [3.8, 4) is 0 Å². The zero-order valence-electron chi connectivity index (χ0n) is 9.01. The van der Waals surface area contributed by atoms with Gasteiger partial charge in [0, 0.05) is 12.6 Å². The third kappa shape index (κ3) is 4.58. The highest BCUT2D eigenvalue weighted by molar-refractivity contribution is 5.77. The van der Waals surface area contributed by atoms with E-state index in [1.807, 2.05) is 13.8 Å². The standard InChI is InChI=1S/C10H20N2O2/c1-8(2)12-10(13)7-14-9-4-3-5-11-6-9/h8-9,11H,3-7H2,1-2H3,(H,12,13)/t9-/m0/s1. The fraction of sp³-hybridized carbons (Fsp3) is 0.900. The molecule has 0 aromatic rings. The summed E-state index contributed by atoms with van der Waals surface area (Å²) in [4.78, 5) is 11.2. The van der Waals surface area contributed by atoms with Crippen LogP contribution in [0.4, 0.5) is 0 Å². The molecule has 1 amide bonds. The van der Waals surface area contributed by atoms with Crippen LogP contribution < -0.4 is 10.6 Å². The highest BCUT2D eigenvalue weighted by Crippen LogP contribution is 2.05. The lowest BCUT2D eigenvalue weighted by molar-refractivity contribution is -0.128. The van der Waals surface area contributed by atoms with Gasteiger partial charge in [-0.25, -0.2) is 0 Å². The summed E-state index contributed by atoms with van der Waals surface area (Å²) in [6, 6.07) is 0.190. The van der Waals surface area contributed by atoms with Crippen LogP contribution in [0.5, 0.6) is 0 Å². The van der Waals surface area contributed by atoms with Crippen LogP contribution in [-0.2, 0) is 9.53 Å². The monoisotopic (exact) mass is 200 g/mol. The fourth-order valence-electron chi connectivity index (χ4n) is 1.52. The first kappa shape index (κ1) is 11.5. The maximum absolute atomic E-state index is 11.2. The van der Waals surface area contributed by atoms with Crippen LogP contribution >= 0.6 is 0 Å². The molecule has 0 bridgehead atoms. The van der Waals surface area contributed by atoms with E-state index in [0.29, 0.717) is 0 Å². The minimum Gasteiger partial charge on any atom is -0.367 e. The second-order valence-corrected chi connectivity index (χ2v) is 4.00. The van der Waals surface area contributed by atoms with E-state index < -0.39 is 0 Å². The number of piperidine rings is 1. The third-order valence-electron chi connectivity index (χ3n) is 2.15. The van der Waals surface area contributed by atoms with Crippen molar-refractivity contribution >= 4 is 5.91 Å². The quantitative estimate of drug-likeness (QED) is 0.685. The summed E-state index contributed by atoms with van der Waals surface area (Å²) in [5.74, 6) is -0.0226. The highest BCUT2D eigenvalue weighted by Gasteiger charge is 2.14. The van der Waals surface area contributed by atoms with Crippen molar-refractivity contribution in [3.05, 3.63) is 0 Å². The molecular weight excluding hydrogens is 180 g/mol. The zero-order chi connectivity index (χ0) is 10.4. The third-order valence-corrected chi connectivity index (χ3v) is 2.15. The van der Waals surface area contributed by atoms with Gasteiger partial charge in [0.1, 0.15) is 6.61 Å². The average molecular weight is 200 g/mol. The maximum Gasteiger partial charge on any atom is 0.246 e. The van der Waals surface area contributed by atoms with E-state index in [4.69, 9.17) is 4.74 Å². The summed E-state index contributed by atoms with van der Waals surface area (Å²) in [6.45, 7) is 6.01. The first-order chi connectivity index (χ1) is 6.68. The van der Waals surface area contributed by atoms with Gasteiger partial charge in [0.15, 0.2) is 0 Å². The Hall–Kier alpha value is -0.610. The van der Waals surface area contributed by atoms with Gasteiger partial charge in [-0.2, -0.15) is 0 Å². The SMILES string of the molecule is CC(C)NC(=O)CO[C@H]1CCCNC1. The smallest absolute Gasteiger partial charge is 0.246 e. The van der Waals surface area contributed by atoms with Crippen LogP contribution in [0.15, 0.2) is 0 Å². The highest BCUT2D eigenvalue weighted by atomic mass is 16.5. The molecule has 0 saturated carbocycles. The molecule has 82 valence electrons. The molecule has 1 fully saturated rings. The topological polar surface area (TPSA) is 50.4 Å². The molecular formula is C10H20N2O2. The molecule has 2 N–H and O–H groups in total. The number of amides is 1. The van der Waals surface area contributed by atoms with Gasteiger partial charge in [-0.05, 0) is 33.2 Å². The van der Waals surface area contributed by atoms with Crippen LogP contribution in [0.2, 0.25) is 0 Å². The number of hydrogen-bond acceptors (Lipinski definition) is 3. The minimum atomic E-state index is -0.0226. The Kier molecular flexibility index (Phi) is 4.90. The number of hydrogen-bond donors (Lipinski definition) is 2. The molecule has 0 spiro atoms. The Morgan fingerprint density at radius 3 is 3.00 bits per heavy atom. The Balaban J connectivity index is 2.09. The lowest BCUT2D eigenvalue weighted by atomic mass is 10.1. The first-order valence-electron chi connectivity index (χ1n) is 5.30. The van der Waals surface area contributed by atoms with Crippen molar-refractivity contribution in [2.24, 2.45) is 0 Å². The molecule has 0 unspecified atom stereocenters. The molecule has 1 heterocycles. The van der Waals surface area contributed by atoms with Crippen LogP contribution in [0.3, 0.4) is 0 Å². The Labute approximate surface area is 85.4 Å². The normalized spacial score (nSPS) is 22.4. The van der Waals surface area contributed by atoms with Crippen LogP contribution in [-0.4, -0.2) is 37.7 Å². The molecule has 1 rings (SSSR count). The Morgan fingerprint density at radius 1 is 1.64 bits per heavy atom. The Bertz CT molecular complexity index is 177. The van der Waals surface area contributed by atoms with E-state index in [1.165, 1.54) is 0 Å². The molecule has 0 aromatic carbocycles. The van der Waals surface area contributed by atoms with Crippen LogP contribution in [0.1, 0.15) is 26.7 Å². The molecule has 1 aliphatic heterocycles. The molecule has 4 nitrogen and oxygen atoms in total. The predicted octanol–water partition coefficient (Wildman–Crippen LogP) is 0.280. The molecule has 1 saturated heterocycles. The molecule has 4 heteroatoms. The van der Waals surface area contributed by atoms with E-state index in [1.54, 1.807) is 0 Å². The molecule has 14 heavy (non-hydrogen) atoms. The van der Waals surface area contributed by atoms with Gasteiger partial charge in [-0.15, -0.1) is 0 Å². The number of carbonyl (C=O) groups excluding carboxylic acids is 1. The molecule has 1 aliphatic rings. The van der Waals surface area contributed by atoms with Crippen molar-refractivity contribution in [2.75, 3.05) is 19.7 Å². The Morgan fingerprint density at radius 2 is 2.43 bits per heavy atom. The van der Waals surface area contributed by atoms with Gasteiger partial charge in [0.2, 0.25) is 5.91 Å². The van der Waals surface area contributed by atoms with Gasteiger partial charge >= 0.3 is 0 Å². The predicted molar refractivity (Wildman–Crippen MR) is 55.1 cm³/mol. The second kappa shape index (κ2) is 5.98. The first-order valence-corrected chi connectivity index (χ1v) is 5.30. The summed E-state index contributed by atoms with van der Waals surface area (Å²) >= 11 is 0. The summed E-state index contributed by atoms with van der Waals surface area (Å²) in [6.07, 6.45) is 2.40. The van der Waals surface area contributed by atoms with Gasteiger partial charge in [0.25, 0.3) is 0 Å². The largest absolute Gasteiger partial charge is 0.367 e. The summed E-state index contributed by atoms with van der Waals surface area (Å²) in [7, 11) is 0. The van der Waals surface area contributed by atoms with Crippen molar-refractivity contribution < 1.29 is 9.53 Å². The van der Waals surface area contributed by atoms with Gasteiger partial charge in [-0.1, -0.05) is 0 Å². The maximum atomic E-state index is 11.2. The molecule has 0 aromatic heterocycles. The van der Waals surface area contributed by atoms with Gasteiger partial charge < -0.3 is 15.4 Å². The number of ether oxygens (including phenoxy) is 1. The van der Waals surface area contributed by atoms with E-state index in [0.717, 1.165) is 25.9 Å². The lowest BCUT2D eigenvalue weighted by Crippen LogP contribution is -2.39. The van der Waals surface area contributed by atoms with E-state index in [2.05, 4.69) is 10.6 Å². The van der Waals surface area contributed by atoms with Crippen molar-refractivity contribution in [1.82, 2.24) is 10.6 Å².